The zero-order valence-electron chi connectivity index (χ0n) is 11.1. The lowest BCUT2D eigenvalue weighted by Crippen LogP contribution is -2.29. The molecule has 0 aromatic carbocycles. The molecule has 0 spiro atoms. The number of carbonyl (C=O) groups is 1. The number of nitrogens with zero attached hydrogens (tertiary/aromatic N) is 3. The minimum absolute atomic E-state index is 0. The summed E-state index contributed by atoms with van der Waals surface area (Å²) < 4.78 is 2.15. The zero-order valence-corrected chi connectivity index (χ0v) is 11.9. The van der Waals surface area contributed by atoms with E-state index in [9.17, 15) is 4.79 Å². The maximum absolute atomic E-state index is 11.1. The fraction of sp³-hybridized carbons (Fsp3) is 0.692. The predicted molar refractivity (Wildman–Crippen MR) is 73.5 cm³/mol. The molecule has 19 heavy (non-hydrogen) atoms. The molecule has 0 saturated carbocycles. The van der Waals surface area contributed by atoms with E-state index < -0.39 is 5.97 Å². The normalized spacial score (nSPS) is 26.8. The highest BCUT2D eigenvalue weighted by Gasteiger charge is 2.31. The monoisotopic (exact) mass is 285 g/mol. The van der Waals surface area contributed by atoms with Gasteiger partial charge in [0.2, 0.25) is 0 Å². The van der Waals surface area contributed by atoms with Gasteiger partial charge in [0.05, 0.1) is 12.0 Å². The topological polar surface area (TPSA) is 58.4 Å². The number of rotatable bonds is 2. The molecule has 106 valence electrons. The minimum atomic E-state index is -0.680. The number of halogens is 1. The second-order valence-corrected chi connectivity index (χ2v) is 5.43. The molecule has 0 radical (unpaired) electrons. The van der Waals surface area contributed by atoms with Crippen molar-refractivity contribution in [1.82, 2.24) is 14.5 Å². The van der Waals surface area contributed by atoms with Gasteiger partial charge in [0.1, 0.15) is 5.82 Å². The van der Waals surface area contributed by atoms with Crippen LogP contribution in [0.1, 0.15) is 36.8 Å². The Morgan fingerprint density at radius 3 is 2.89 bits per heavy atom. The van der Waals surface area contributed by atoms with Gasteiger partial charge in [-0.05, 0) is 39.3 Å². The summed E-state index contributed by atoms with van der Waals surface area (Å²) in [5, 5.41) is 9.17. The molecule has 2 aliphatic rings. The second-order valence-electron chi connectivity index (χ2n) is 5.43. The molecule has 0 bridgehead atoms. The van der Waals surface area contributed by atoms with Gasteiger partial charge >= 0.3 is 5.97 Å². The average Bonchev–Trinajstić information content (AvgIpc) is 2.93. The van der Waals surface area contributed by atoms with Crippen molar-refractivity contribution in [3.8, 4) is 0 Å². The highest BCUT2D eigenvalue weighted by molar-refractivity contribution is 5.85. The van der Waals surface area contributed by atoms with Crippen LogP contribution < -0.4 is 0 Å². The summed E-state index contributed by atoms with van der Waals surface area (Å²) in [6.45, 7) is 1.69. The van der Waals surface area contributed by atoms with Gasteiger partial charge in [0, 0.05) is 18.4 Å². The van der Waals surface area contributed by atoms with Crippen molar-refractivity contribution in [3.05, 3.63) is 17.7 Å². The quantitative estimate of drug-likeness (QED) is 0.899. The van der Waals surface area contributed by atoms with Crippen LogP contribution in [0.2, 0.25) is 0 Å². The van der Waals surface area contributed by atoms with Gasteiger partial charge in [-0.2, -0.15) is 0 Å². The van der Waals surface area contributed by atoms with E-state index in [-0.39, 0.29) is 18.3 Å². The van der Waals surface area contributed by atoms with E-state index in [1.54, 1.807) is 0 Å². The van der Waals surface area contributed by atoms with Crippen molar-refractivity contribution in [2.45, 2.75) is 38.3 Å². The maximum Gasteiger partial charge on any atom is 0.308 e. The summed E-state index contributed by atoms with van der Waals surface area (Å²) >= 11 is 0. The molecule has 6 heteroatoms. The molecule has 2 unspecified atom stereocenters. The van der Waals surface area contributed by atoms with E-state index >= 15 is 0 Å². The molecule has 1 N–H and O–H groups in total. The van der Waals surface area contributed by atoms with Crippen LogP contribution in [0.4, 0.5) is 0 Å². The Hall–Kier alpha value is -1.07. The molecule has 5 nitrogen and oxygen atoms in total. The summed E-state index contributed by atoms with van der Waals surface area (Å²) in [6, 6.07) is 0.367. The van der Waals surface area contributed by atoms with Crippen LogP contribution in [0.25, 0.3) is 0 Å². The molecule has 3 heterocycles. The van der Waals surface area contributed by atoms with E-state index in [1.165, 1.54) is 12.1 Å². The lowest BCUT2D eigenvalue weighted by atomic mass is 9.98. The van der Waals surface area contributed by atoms with Gasteiger partial charge in [-0.15, -0.1) is 12.4 Å². The van der Waals surface area contributed by atoms with Crippen molar-refractivity contribution < 1.29 is 9.90 Å². The minimum Gasteiger partial charge on any atom is -0.481 e. The molecular weight excluding hydrogens is 266 g/mol. The summed E-state index contributed by atoms with van der Waals surface area (Å²) in [5.41, 5.74) is 1.20. The molecule has 0 amide bonds. The number of carboxylic acid groups (broad SMARTS) is 1. The average molecular weight is 286 g/mol. The highest BCUT2D eigenvalue weighted by Crippen LogP contribution is 2.32. The van der Waals surface area contributed by atoms with Gasteiger partial charge in [0.15, 0.2) is 0 Å². The van der Waals surface area contributed by atoms with Crippen LogP contribution in [0, 0.1) is 5.92 Å². The van der Waals surface area contributed by atoms with E-state index in [1.807, 2.05) is 6.20 Å². The van der Waals surface area contributed by atoms with Crippen LogP contribution in [0.15, 0.2) is 6.20 Å². The van der Waals surface area contributed by atoms with E-state index in [0.29, 0.717) is 12.6 Å². The number of fused-ring (bicyclic) bond motifs is 1. The maximum atomic E-state index is 11.1. The standard InChI is InChI=1S/C13H19N3O2.ClH/c1-15-6-2-3-11(15)12-14-7-10-5-4-9(13(17)18)8-16(10)12;/h7,9,11H,2-6,8H2,1H3,(H,17,18);1H. The number of hydrogen-bond donors (Lipinski definition) is 1. The predicted octanol–water partition coefficient (Wildman–Crippen LogP) is 1.72. The van der Waals surface area contributed by atoms with Crippen molar-refractivity contribution in [1.29, 1.82) is 0 Å². The molecule has 1 saturated heterocycles. The van der Waals surface area contributed by atoms with E-state index in [2.05, 4.69) is 21.5 Å². The number of aliphatic carboxylic acids is 1. The van der Waals surface area contributed by atoms with Crippen molar-refractivity contribution in [3.63, 3.8) is 0 Å². The number of hydrogen-bond acceptors (Lipinski definition) is 3. The van der Waals surface area contributed by atoms with Crippen molar-refractivity contribution in [2.75, 3.05) is 13.6 Å². The van der Waals surface area contributed by atoms with Crippen molar-refractivity contribution >= 4 is 18.4 Å². The molecule has 0 aliphatic carbocycles. The van der Waals surface area contributed by atoms with Crippen LogP contribution in [-0.2, 0) is 17.8 Å². The van der Waals surface area contributed by atoms with Gasteiger partial charge in [-0.1, -0.05) is 0 Å². The fourth-order valence-electron chi connectivity index (χ4n) is 3.18. The second kappa shape index (κ2) is 5.51. The first kappa shape index (κ1) is 14.3. The van der Waals surface area contributed by atoms with E-state index in [4.69, 9.17) is 5.11 Å². The number of aryl methyl sites for hydroxylation is 1. The number of imidazole rings is 1. The summed E-state index contributed by atoms with van der Waals surface area (Å²) in [5.74, 6) is 0.133. The molecule has 2 atom stereocenters. The lowest BCUT2D eigenvalue weighted by molar-refractivity contribution is -0.142. The molecule has 2 aliphatic heterocycles. The fourth-order valence-corrected chi connectivity index (χ4v) is 3.18. The zero-order chi connectivity index (χ0) is 12.7. The summed E-state index contributed by atoms with van der Waals surface area (Å²) in [4.78, 5) is 18.0. The number of carboxylic acids is 1. The van der Waals surface area contributed by atoms with Gasteiger partial charge in [0.25, 0.3) is 0 Å². The Bertz CT molecular complexity index is 474. The highest BCUT2D eigenvalue weighted by atomic mass is 35.5. The molecule has 1 aromatic heterocycles. The van der Waals surface area contributed by atoms with Crippen LogP contribution in [0.3, 0.4) is 0 Å². The Morgan fingerprint density at radius 1 is 1.47 bits per heavy atom. The van der Waals surface area contributed by atoms with Gasteiger partial charge in [-0.3, -0.25) is 9.69 Å². The number of aromatic nitrogens is 2. The Morgan fingerprint density at radius 2 is 2.26 bits per heavy atom. The lowest BCUT2D eigenvalue weighted by Gasteiger charge is -2.26. The third kappa shape index (κ3) is 2.49. The first-order valence-corrected chi connectivity index (χ1v) is 6.64. The summed E-state index contributed by atoms with van der Waals surface area (Å²) in [7, 11) is 2.12. The molecule has 3 rings (SSSR count). The Balaban J connectivity index is 0.00000133. The van der Waals surface area contributed by atoms with Crippen LogP contribution >= 0.6 is 12.4 Å². The first-order valence-electron chi connectivity index (χ1n) is 6.64. The van der Waals surface area contributed by atoms with E-state index in [0.717, 1.165) is 31.6 Å². The first-order chi connectivity index (χ1) is 8.66. The van der Waals surface area contributed by atoms with Crippen LogP contribution in [0.5, 0.6) is 0 Å². The Labute approximate surface area is 119 Å². The van der Waals surface area contributed by atoms with Gasteiger partial charge in [-0.25, -0.2) is 4.98 Å². The third-order valence-electron chi connectivity index (χ3n) is 4.29. The van der Waals surface area contributed by atoms with Crippen LogP contribution in [-0.4, -0.2) is 39.1 Å². The SMILES string of the molecule is CN1CCCC1c1ncc2n1CC(C(=O)O)CC2.Cl. The third-order valence-corrected chi connectivity index (χ3v) is 4.29. The van der Waals surface area contributed by atoms with Gasteiger partial charge < -0.3 is 9.67 Å². The van der Waals surface area contributed by atoms with Crippen molar-refractivity contribution in [2.24, 2.45) is 5.92 Å². The summed E-state index contributed by atoms with van der Waals surface area (Å²) in [6.07, 6.45) is 5.83. The smallest absolute Gasteiger partial charge is 0.308 e. The largest absolute Gasteiger partial charge is 0.481 e. The number of likely N-dealkylation sites (tertiary alicyclic amines) is 1. The molecular formula is C13H20ClN3O2. The molecule has 1 fully saturated rings. The molecule has 1 aromatic rings. The Kier molecular flexibility index (Phi) is 4.16.